The van der Waals surface area contributed by atoms with Gasteiger partial charge in [-0.2, -0.15) is 0 Å². The van der Waals surface area contributed by atoms with Crippen molar-refractivity contribution in [1.29, 1.82) is 0 Å². The quantitative estimate of drug-likeness (QED) is 0.709. The van der Waals surface area contributed by atoms with E-state index in [0.717, 1.165) is 6.54 Å². The van der Waals surface area contributed by atoms with E-state index in [1.807, 2.05) is 18.7 Å². The molecule has 0 aromatic rings. The van der Waals surface area contributed by atoms with Crippen LogP contribution in [0.4, 0.5) is 0 Å². The third kappa shape index (κ3) is 2.44. The number of nitrogens with zero attached hydrogens (tertiary/aromatic N) is 1. The average Bonchev–Trinajstić information content (AvgIpc) is 2.30. The second kappa shape index (κ2) is 3.96. The lowest BCUT2D eigenvalue weighted by atomic mass is 10.1. The Hall–Kier alpha value is -0.0900. The van der Waals surface area contributed by atoms with Gasteiger partial charge >= 0.3 is 0 Å². The molecule has 0 bridgehead atoms. The van der Waals surface area contributed by atoms with Crippen LogP contribution in [0.5, 0.6) is 0 Å². The van der Waals surface area contributed by atoms with Gasteiger partial charge in [0.1, 0.15) is 0 Å². The van der Waals surface area contributed by atoms with Crippen LogP contribution in [-0.2, 0) is 9.53 Å². The molecule has 1 heterocycles. The van der Waals surface area contributed by atoms with Gasteiger partial charge in [0.05, 0.1) is 12.1 Å². The Labute approximate surface area is 87.6 Å². The van der Waals surface area contributed by atoms with Crippen LogP contribution in [0.3, 0.4) is 0 Å². The normalized spacial score (nSPS) is 24.2. The molecule has 1 fully saturated rings. The number of alkyl halides is 1. The van der Waals surface area contributed by atoms with Crippen LogP contribution in [-0.4, -0.2) is 41.4 Å². The topological polar surface area (TPSA) is 29.5 Å². The SMILES string of the molecule is COCC(C)(C)N1CC(Br)CC1=O. The zero-order chi connectivity index (χ0) is 10.1. The lowest BCUT2D eigenvalue weighted by molar-refractivity contribution is -0.133. The Balaban J connectivity index is 2.65. The number of hydrogen-bond donors (Lipinski definition) is 0. The molecular formula is C9H16BrNO2. The van der Waals surface area contributed by atoms with Crippen molar-refractivity contribution >= 4 is 21.8 Å². The number of carbonyl (C=O) groups is 1. The van der Waals surface area contributed by atoms with Gasteiger partial charge in [-0.1, -0.05) is 15.9 Å². The van der Waals surface area contributed by atoms with Gasteiger partial charge in [0.25, 0.3) is 0 Å². The van der Waals surface area contributed by atoms with E-state index >= 15 is 0 Å². The van der Waals surface area contributed by atoms with Gasteiger partial charge in [0.2, 0.25) is 5.91 Å². The molecule has 13 heavy (non-hydrogen) atoms. The molecule has 0 radical (unpaired) electrons. The standard InChI is InChI=1S/C9H16BrNO2/c1-9(2,6-13-3)11-5-7(10)4-8(11)12/h7H,4-6H2,1-3H3. The van der Waals surface area contributed by atoms with E-state index in [1.54, 1.807) is 7.11 Å². The highest BCUT2D eigenvalue weighted by atomic mass is 79.9. The molecule has 0 saturated carbocycles. The zero-order valence-corrected chi connectivity index (χ0v) is 9.93. The number of halogens is 1. The Morgan fingerprint density at radius 3 is 2.69 bits per heavy atom. The fourth-order valence-electron chi connectivity index (χ4n) is 1.68. The van der Waals surface area contributed by atoms with Gasteiger partial charge in [-0.05, 0) is 13.8 Å². The van der Waals surface area contributed by atoms with Crippen LogP contribution in [0.2, 0.25) is 0 Å². The van der Waals surface area contributed by atoms with Crippen LogP contribution in [0.25, 0.3) is 0 Å². The Morgan fingerprint density at radius 1 is 1.69 bits per heavy atom. The lowest BCUT2D eigenvalue weighted by Gasteiger charge is -2.34. The summed E-state index contributed by atoms with van der Waals surface area (Å²) in [7, 11) is 1.66. The number of hydrogen-bond acceptors (Lipinski definition) is 2. The summed E-state index contributed by atoms with van der Waals surface area (Å²) < 4.78 is 5.09. The first kappa shape index (κ1) is 11.0. The van der Waals surface area contributed by atoms with Gasteiger partial charge < -0.3 is 9.64 Å². The fraction of sp³-hybridized carbons (Fsp3) is 0.889. The largest absolute Gasteiger partial charge is 0.382 e. The summed E-state index contributed by atoms with van der Waals surface area (Å²) in [6.45, 7) is 5.42. The van der Waals surface area contributed by atoms with E-state index < -0.39 is 0 Å². The molecule has 1 saturated heterocycles. The van der Waals surface area contributed by atoms with E-state index in [1.165, 1.54) is 0 Å². The summed E-state index contributed by atoms with van der Waals surface area (Å²) in [5.41, 5.74) is -0.186. The highest BCUT2D eigenvalue weighted by molar-refractivity contribution is 9.09. The molecule has 0 N–H and O–H groups in total. The predicted molar refractivity (Wildman–Crippen MR) is 55.0 cm³/mol. The first-order chi connectivity index (χ1) is 5.97. The number of rotatable bonds is 3. The third-order valence-corrected chi connectivity index (χ3v) is 2.92. The second-order valence-electron chi connectivity index (χ2n) is 4.05. The van der Waals surface area contributed by atoms with Crippen LogP contribution in [0.1, 0.15) is 20.3 Å². The number of ether oxygens (including phenoxy) is 1. The number of likely N-dealkylation sites (tertiary alicyclic amines) is 1. The molecule has 0 spiro atoms. The van der Waals surface area contributed by atoms with Crippen molar-refractivity contribution in [2.45, 2.75) is 30.6 Å². The Bertz CT molecular complexity index is 206. The number of amides is 1. The van der Waals surface area contributed by atoms with Crippen molar-refractivity contribution in [3.05, 3.63) is 0 Å². The molecule has 0 aromatic heterocycles. The maximum Gasteiger partial charge on any atom is 0.224 e. The molecule has 1 unspecified atom stereocenters. The fourth-order valence-corrected chi connectivity index (χ4v) is 2.25. The molecule has 1 aliphatic rings. The van der Waals surface area contributed by atoms with E-state index in [9.17, 15) is 4.79 Å². The molecule has 0 aliphatic carbocycles. The van der Waals surface area contributed by atoms with Gasteiger partial charge in [-0.3, -0.25) is 4.79 Å². The Kier molecular flexibility index (Phi) is 3.35. The minimum atomic E-state index is -0.186. The monoisotopic (exact) mass is 249 g/mol. The zero-order valence-electron chi connectivity index (χ0n) is 8.34. The summed E-state index contributed by atoms with van der Waals surface area (Å²) in [5.74, 6) is 0.212. The third-order valence-electron chi connectivity index (χ3n) is 2.31. The van der Waals surface area contributed by atoms with Crippen molar-refractivity contribution in [3.8, 4) is 0 Å². The van der Waals surface area contributed by atoms with Crippen LogP contribution >= 0.6 is 15.9 Å². The minimum absolute atomic E-state index is 0.186. The van der Waals surface area contributed by atoms with Crippen molar-refractivity contribution in [2.24, 2.45) is 0 Å². The van der Waals surface area contributed by atoms with E-state index in [-0.39, 0.29) is 11.4 Å². The molecule has 1 rings (SSSR count). The molecular weight excluding hydrogens is 234 g/mol. The van der Waals surface area contributed by atoms with E-state index in [4.69, 9.17) is 4.74 Å². The molecule has 1 atom stereocenters. The number of carbonyl (C=O) groups excluding carboxylic acids is 1. The highest BCUT2D eigenvalue weighted by Gasteiger charge is 2.37. The molecule has 4 heteroatoms. The van der Waals surface area contributed by atoms with E-state index in [0.29, 0.717) is 17.9 Å². The minimum Gasteiger partial charge on any atom is -0.382 e. The summed E-state index contributed by atoms with van der Waals surface area (Å²) >= 11 is 3.46. The van der Waals surface area contributed by atoms with Gasteiger partial charge in [0, 0.05) is 24.9 Å². The van der Waals surface area contributed by atoms with Crippen LogP contribution in [0, 0.1) is 0 Å². The number of methoxy groups -OCH3 is 1. The maximum atomic E-state index is 11.5. The van der Waals surface area contributed by atoms with Gasteiger partial charge in [-0.15, -0.1) is 0 Å². The highest BCUT2D eigenvalue weighted by Crippen LogP contribution is 2.26. The molecule has 1 aliphatic heterocycles. The molecule has 76 valence electrons. The molecule has 1 amide bonds. The summed E-state index contributed by atoms with van der Waals surface area (Å²) in [5, 5.41) is 0. The van der Waals surface area contributed by atoms with Crippen LogP contribution in [0.15, 0.2) is 0 Å². The maximum absolute atomic E-state index is 11.5. The van der Waals surface area contributed by atoms with Crippen molar-refractivity contribution < 1.29 is 9.53 Å². The smallest absolute Gasteiger partial charge is 0.224 e. The first-order valence-corrected chi connectivity index (χ1v) is 5.32. The lowest BCUT2D eigenvalue weighted by Crippen LogP contribution is -2.48. The summed E-state index contributed by atoms with van der Waals surface area (Å²) in [4.78, 5) is 13.7. The second-order valence-corrected chi connectivity index (χ2v) is 5.35. The van der Waals surface area contributed by atoms with Crippen molar-refractivity contribution in [3.63, 3.8) is 0 Å². The molecule has 0 aromatic carbocycles. The summed E-state index contributed by atoms with van der Waals surface area (Å²) in [6, 6.07) is 0. The Morgan fingerprint density at radius 2 is 2.31 bits per heavy atom. The molecule has 3 nitrogen and oxygen atoms in total. The summed E-state index contributed by atoms with van der Waals surface area (Å²) in [6.07, 6.45) is 0.604. The first-order valence-electron chi connectivity index (χ1n) is 4.41. The predicted octanol–water partition coefficient (Wildman–Crippen LogP) is 1.41. The van der Waals surface area contributed by atoms with Crippen LogP contribution < -0.4 is 0 Å². The average molecular weight is 250 g/mol. The van der Waals surface area contributed by atoms with Crippen molar-refractivity contribution in [2.75, 3.05) is 20.3 Å². The van der Waals surface area contributed by atoms with Crippen molar-refractivity contribution in [1.82, 2.24) is 4.90 Å². The van der Waals surface area contributed by atoms with Gasteiger partial charge in [0.15, 0.2) is 0 Å². The van der Waals surface area contributed by atoms with E-state index in [2.05, 4.69) is 15.9 Å². The van der Waals surface area contributed by atoms with Gasteiger partial charge in [-0.25, -0.2) is 0 Å².